The lowest BCUT2D eigenvalue weighted by molar-refractivity contribution is 0.0899. The number of hydrogen-bond acceptors (Lipinski definition) is 5. The van der Waals surface area contributed by atoms with Gasteiger partial charge in [-0.15, -0.1) is 0 Å². The number of pyridine rings is 1. The fraction of sp³-hybridized carbons (Fsp3) is 0.517. The maximum absolute atomic E-state index is 15.1. The van der Waals surface area contributed by atoms with Crippen LogP contribution in [0.5, 0.6) is 11.5 Å². The van der Waals surface area contributed by atoms with Gasteiger partial charge in [0.1, 0.15) is 18.1 Å². The van der Waals surface area contributed by atoms with Crippen molar-refractivity contribution in [1.29, 1.82) is 0 Å². The minimum absolute atomic E-state index is 0.0611. The van der Waals surface area contributed by atoms with Crippen molar-refractivity contribution in [2.75, 3.05) is 13.2 Å². The third-order valence-electron chi connectivity index (χ3n) is 7.50. The number of halogens is 3. The summed E-state index contributed by atoms with van der Waals surface area (Å²) in [5.74, 6) is -1.92. The third-order valence-corrected chi connectivity index (χ3v) is 9.84. The van der Waals surface area contributed by atoms with E-state index in [0.717, 1.165) is 43.0 Å². The van der Waals surface area contributed by atoms with E-state index in [1.54, 1.807) is 10.8 Å². The van der Waals surface area contributed by atoms with Gasteiger partial charge in [0, 0.05) is 40.1 Å². The van der Waals surface area contributed by atoms with Gasteiger partial charge < -0.3 is 19.1 Å². The lowest BCUT2D eigenvalue weighted by Crippen LogP contribution is -2.22. The number of rotatable bonds is 13. The molecule has 0 saturated heterocycles. The van der Waals surface area contributed by atoms with Crippen LogP contribution >= 0.6 is 23.8 Å². The van der Waals surface area contributed by atoms with E-state index in [1.807, 2.05) is 0 Å². The predicted molar refractivity (Wildman–Crippen MR) is 159 cm³/mol. The molecule has 0 aliphatic heterocycles. The average molecular weight is 595 g/mol. The predicted octanol–water partition coefficient (Wildman–Crippen LogP) is 8.32. The largest absolute Gasteiger partial charge is 0.450 e. The molecular formula is C29H37ClF2N2O3SSi. The third kappa shape index (κ3) is 7.64. The van der Waals surface area contributed by atoms with E-state index in [9.17, 15) is 5.11 Å². The molecule has 3 aromatic rings. The minimum Gasteiger partial charge on any atom is -0.450 e. The fourth-order valence-electron chi connectivity index (χ4n) is 5.12. The maximum Gasteiger partial charge on any atom is 0.198 e. The van der Waals surface area contributed by atoms with E-state index in [0.29, 0.717) is 34.6 Å². The first kappa shape index (κ1) is 30.1. The molecule has 2 aromatic heterocycles. The Kier molecular flexibility index (Phi) is 9.81. The Morgan fingerprint density at radius 1 is 1.21 bits per heavy atom. The van der Waals surface area contributed by atoms with Gasteiger partial charge in [0.05, 0.1) is 10.4 Å². The zero-order valence-corrected chi connectivity index (χ0v) is 25.4. The van der Waals surface area contributed by atoms with E-state index in [-0.39, 0.29) is 30.9 Å². The Morgan fingerprint density at radius 2 is 1.90 bits per heavy atom. The van der Waals surface area contributed by atoms with Gasteiger partial charge in [0.25, 0.3) is 0 Å². The molecule has 1 N–H and O–H groups in total. The Hall–Kier alpha value is -1.91. The van der Waals surface area contributed by atoms with Crippen LogP contribution in [-0.2, 0) is 17.9 Å². The van der Waals surface area contributed by atoms with Gasteiger partial charge in [-0.05, 0) is 65.8 Å². The number of aliphatic hydroxyl groups excluding tert-OH is 1. The molecule has 0 atom stereocenters. The summed E-state index contributed by atoms with van der Waals surface area (Å²) in [6, 6.07) is 5.09. The van der Waals surface area contributed by atoms with Crippen LogP contribution in [0.25, 0.3) is 11.0 Å². The van der Waals surface area contributed by atoms with Crippen molar-refractivity contribution in [1.82, 2.24) is 9.55 Å². The van der Waals surface area contributed by atoms with Crippen LogP contribution in [0.2, 0.25) is 30.7 Å². The van der Waals surface area contributed by atoms with Crippen LogP contribution in [0, 0.1) is 17.0 Å². The normalized spacial score (nSPS) is 15.3. The smallest absolute Gasteiger partial charge is 0.198 e. The molecule has 1 fully saturated rings. The lowest BCUT2D eigenvalue weighted by atomic mass is 9.81. The molecule has 0 unspecified atom stereocenters. The summed E-state index contributed by atoms with van der Waals surface area (Å²) >= 11 is 12.0. The molecular weight excluding hydrogens is 558 g/mol. The molecule has 1 aliphatic carbocycles. The molecule has 5 nitrogen and oxygen atoms in total. The molecule has 0 radical (unpaired) electrons. The highest BCUT2D eigenvalue weighted by atomic mass is 35.5. The molecule has 212 valence electrons. The van der Waals surface area contributed by atoms with Crippen LogP contribution < -0.4 is 4.74 Å². The average Bonchev–Trinajstić information content (AvgIpc) is 3.48. The number of hydrogen-bond donors (Lipinski definition) is 1. The van der Waals surface area contributed by atoms with Gasteiger partial charge in [-0.2, -0.15) is 0 Å². The number of nitrogens with zero attached hydrogens (tertiary/aromatic N) is 2. The molecule has 0 amide bonds. The van der Waals surface area contributed by atoms with Crippen LogP contribution in [0.3, 0.4) is 0 Å². The van der Waals surface area contributed by atoms with Crippen molar-refractivity contribution < 1.29 is 23.4 Å². The monoisotopic (exact) mass is 594 g/mol. The molecule has 0 bridgehead atoms. The molecule has 2 heterocycles. The number of benzene rings is 1. The van der Waals surface area contributed by atoms with Crippen molar-refractivity contribution in [2.24, 2.45) is 5.41 Å². The van der Waals surface area contributed by atoms with Crippen molar-refractivity contribution in [3.63, 3.8) is 0 Å². The molecule has 10 heteroatoms. The second kappa shape index (κ2) is 12.7. The summed E-state index contributed by atoms with van der Waals surface area (Å²) in [5.41, 5.74) is 0.900. The van der Waals surface area contributed by atoms with E-state index in [4.69, 9.17) is 33.3 Å². The topological polar surface area (TPSA) is 56.5 Å². The van der Waals surface area contributed by atoms with Gasteiger partial charge in [-0.1, -0.05) is 56.3 Å². The summed E-state index contributed by atoms with van der Waals surface area (Å²) in [6.45, 7) is 7.91. The second-order valence-electron chi connectivity index (χ2n) is 11.9. The number of aromatic nitrogens is 2. The summed E-state index contributed by atoms with van der Waals surface area (Å²) in [5, 5.41) is 10.6. The highest BCUT2D eigenvalue weighted by molar-refractivity contribution is 7.80. The van der Waals surface area contributed by atoms with Crippen LogP contribution in [0.4, 0.5) is 8.78 Å². The number of thiocarbonyl (C=S) groups is 1. The zero-order chi connectivity index (χ0) is 28.2. The Morgan fingerprint density at radius 3 is 2.54 bits per heavy atom. The Bertz CT molecular complexity index is 1300. The summed E-state index contributed by atoms with van der Waals surface area (Å²) in [7, 11) is -1.22. The van der Waals surface area contributed by atoms with E-state index in [2.05, 4.69) is 24.6 Å². The van der Waals surface area contributed by atoms with Crippen molar-refractivity contribution in [2.45, 2.75) is 77.4 Å². The first-order chi connectivity index (χ1) is 18.5. The Labute approximate surface area is 240 Å². The van der Waals surface area contributed by atoms with Gasteiger partial charge in [-0.3, -0.25) is 0 Å². The van der Waals surface area contributed by atoms with E-state index < -0.39 is 25.5 Å². The van der Waals surface area contributed by atoms with Crippen molar-refractivity contribution in [3.8, 4) is 11.5 Å². The lowest BCUT2D eigenvalue weighted by Gasteiger charge is -2.26. The first-order valence-corrected chi connectivity index (χ1v) is 18.0. The quantitative estimate of drug-likeness (QED) is 0.122. The van der Waals surface area contributed by atoms with Crippen molar-refractivity contribution >= 4 is 47.8 Å². The van der Waals surface area contributed by atoms with E-state index >= 15 is 8.78 Å². The van der Waals surface area contributed by atoms with Gasteiger partial charge in [0.15, 0.2) is 17.4 Å². The number of ether oxygens (including phenoxy) is 2. The summed E-state index contributed by atoms with van der Waals surface area (Å²) in [6.07, 6.45) is 9.18. The maximum atomic E-state index is 15.1. The molecule has 0 spiro atoms. The zero-order valence-electron chi connectivity index (χ0n) is 22.9. The van der Waals surface area contributed by atoms with Crippen LogP contribution in [0.15, 0.2) is 30.6 Å². The minimum atomic E-state index is -1.22. The van der Waals surface area contributed by atoms with Crippen LogP contribution in [-0.4, -0.2) is 40.8 Å². The first-order valence-electron chi connectivity index (χ1n) is 13.5. The molecule has 1 aromatic carbocycles. The second-order valence-corrected chi connectivity index (χ2v) is 18.5. The number of aliphatic hydroxyl groups is 1. The molecule has 39 heavy (non-hydrogen) atoms. The van der Waals surface area contributed by atoms with Crippen molar-refractivity contribution in [3.05, 3.63) is 52.8 Å². The standard InChI is InChI=1S/C29H37ClF2N2O3SSi/c1-39(2,3)13-12-36-19-34-17-22(30)26-25(7-11-33-28(26)34)37-27-23(31)15-20(16-24(27)32)14-21(38)6-10-29(18-35)8-4-5-9-29/h7,11,15-17,35H,4-6,8-10,12-14,18-19H2,1-3H3. The molecule has 1 aliphatic rings. The van der Waals surface area contributed by atoms with Crippen LogP contribution in [0.1, 0.15) is 44.1 Å². The highest BCUT2D eigenvalue weighted by Crippen LogP contribution is 2.42. The molecule has 1 saturated carbocycles. The van der Waals surface area contributed by atoms with E-state index in [1.165, 1.54) is 24.4 Å². The highest BCUT2D eigenvalue weighted by Gasteiger charge is 2.32. The van der Waals surface area contributed by atoms with Gasteiger partial charge >= 0.3 is 0 Å². The van der Waals surface area contributed by atoms with Gasteiger partial charge in [-0.25, -0.2) is 13.8 Å². The summed E-state index contributed by atoms with van der Waals surface area (Å²) in [4.78, 5) is 5.11. The molecule has 4 rings (SSSR count). The Balaban J connectivity index is 1.45. The SMILES string of the molecule is C[Si](C)(C)CCOCn1cc(Cl)c2c(Oc3c(F)cc(CC(=S)CCC4(CO)CCCC4)cc3F)ccnc21. The van der Waals surface area contributed by atoms with Gasteiger partial charge in [0.2, 0.25) is 0 Å². The fourth-order valence-corrected chi connectivity index (χ4v) is 6.44. The number of fused-ring (bicyclic) bond motifs is 1. The summed E-state index contributed by atoms with van der Waals surface area (Å²) < 4.78 is 43.5.